The maximum absolute atomic E-state index is 9.38. The van der Waals surface area contributed by atoms with Gasteiger partial charge in [-0.25, -0.2) is 0 Å². The van der Waals surface area contributed by atoms with Gasteiger partial charge in [0.15, 0.2) is 0 Å². The molecular formula is C14H29NO2. The zero-order valence-electron chi connectivity index (χ0n) is 11.8. The van der Waals surface area contributed by atoms with Gasteiger partial charge in [-0.2, -0.15) is 0 Å². The molecule has 0 aliphatic heterocycles. The molecule has 2 N–H and O–H groups in total. The monoisotopic (exact) mass is 243 g/mol. The lowest BCUT2D eigenvalue weighted by Crippen LogP contribution is -2.48. The van der Waals surface area contributed by atoms with Crippen LogP contribution in [0.1, 0.15) is 46.5 Å². The summed E-state index contributed by atoms with van der Waals surface area (Å²) in [6.07, 6.45) is 5.02. The average molecular weight is 243 g/mol. The Morgan fingerprint density at radius 2 is 1.88 bits per heavy atom. The molecule has 0 amide bonds. The van der Waals surface area contributed by atoms with Crippen molar-refractivity contribution in [3.8, 4) is 0 Å². The van der Waals surface area contributed by atoms with Crippen LogP contribution in [0.3, 0.4) is 0 Å². The molecule has 1 fully saturated rings. The third kappa shape index (κ3) is 4.23. The van der Waals surface area contributed by atoms with Crippen LogP contribution in [-0.4, -0.2) is 37.0 Å². The second-order valence-corrected chi connectivity index (χ2v) is 5.92. The average Bonchev–Trinajstić information content (AvgIpc) is 2.36. The van der Waals surface area contributed by atoms with Gasteiger partial charge in [0.1, 0.15) is 0 Å². The Balaban J connectivity index is 2.38. The van der Waals surface area contributed by atoms with Gasteiger partial charge < -0.3 is 15.2 Å². The van der Waals surface area contributed by atoms with Crippen molar-refractivity contribution in [1.82, 2.24) is 5.32 Å². The summed E-state index contributed by atoms with van der Waals surface area (Å²) >= 11 is 0. The molecule has 102 valence electrons. The van der Waals surface area contributed by atoms with Crippen molar-refractivity contribution >= 4 is 0 Å². The summed E-state index contributed by atoms with van der Waals surface area (Å²) < 4.78 is 5.48. The lowest BCUT2D eigenvalue weighted by Gasteiger charge is -2.35. The predicted octanol–water partition coefficient (Wildman–Crippen LogP) is 2.19. The summed E-state index contributed by atoms with van der Waals surface area (Å²) in [7, 11) is 1.76. The van der Waals surface area contributed by atoms with Crippen LogP contribution in [0, 0.1) is 11.8 Å². The van der Waals surface area contributed by atoms with Gasteiger partial charge in [0.05, 0.1) is 5.60 Å². The molecule has 0 bridgehead atoms. The predicted molar refractivity (Wildman–Crippen MR) is 71.1 cm³/mol. The molecular weight excluding hydrogens is 214 g/mol. The van der Waals surface area contributed by atoms with Crippen molar-refractivity contribution in [2.45, 2.75) is 58.1 Å². The second-order valence-electron chi connectivity index (χ2n) is 5.92. The molecule has 0 radical (unpaired) electrons. The smallest absolute Gasteiger partial charge is 0.0772 e. The largest absolute Gasteiger partial charge is 0.396 e. The van der Waals surface area contributed by atoms with Crippen molar-refractivity contribution in [3.63, 3.8) is 0 Å². The number of methoxy groups -OCH3 is 1. The Morgan fingerprint density at radius 1 is 1.29 bits per heavy atom. The van der Waals surface area contributed by atoms with E-state index in [9.17, 15) is 5.11 Å². The summed E-state index contributed by atoms with van der Waals surface area (Å²) in [5.41, 5.74) is -0.136. The lowest BCUT2D eigenvalue weighted by atomic mass is 9.79. The Hall–Kier alpha value is -0.120. The van der Waals surface area contributed by atoms with Gasteiger partial charge >= 0.3 is 0 Å². The molecule has 3 atom stereocenters. The molecule has 0 aromatic rings. The van der Waals surface area contributed by atoms with Crippen molar-refractivity contribution < 1.29 is 9.84 Å². The van der Waals surface area contributed by atoms with E-state index in [4.69, 9.17) is 4.74 Å². The third-order valence-electron chi connectivity index (χ3n) is 4.56. The molecule has 1 aliphatic carbocycles. The number of nitrogens with one attached hydrogen (secondary N) is 1. The van der Waals surface area contributed by atoms with Crippen molar-refractivity contribution in [2.24, 2.45) is 11.8 Å². The molecule has 3 nitrogen and oxygen atoms in total. The second kappa shape index (κ2) is 6.72. The van der Waals surface area contributed by atoms with Gasteiger partial charge in [-0.1, -0.05) is 12.8 Å². The molecule has 0 aromatic heterocycles. The van der Waals surface area contributed by atoms with E-state index < -0.39 is 0 Å². The van der Waals surface area contributed by atoms with Crippen LogP contribution in [0.4, 0.5) is 0 Å². The number of rotatable bonds is 6. The number of aliphatic hydroxyl groups excluding tert-OH is 1. The van der Waals surface area contributed by atoms with Crippen LogP contribution in [0.15, 0.2) is 0 Å². The molecule has 1 saturated carbocycles. The van der Waals surface area contributed by atoms with E-state index in [1.165, 1.54) is 25.7 Å². The van der Waals surface area contributed by atoms with Crippen LogP contribution in [0.25, 0.3) is 0 Å². The maximum atomic E-state index is 9.38. The fraction of sp³-hybridized carbons (Fsp3) is 1.00. The Labute approximate surface area is 106 Å². The standard InChI is InChI=1S/C14H29NO2/c1-11(14(2,3)17-4)15-9-12-7-5-6-8-13(12)10-16/h11-13,15-16H,5-10H2,1-4H3. The van der Waals surface area contributed by atoms with Crippen LogP contribution < -0.4 is 5.32 Å². The van der Waals surface area contributed by atoms with Gasteiger partial charge in [0.2, 0.25) is 0 Å². The highest BCUT2D eigenvalue weighted by molar-refractivity contribution is 4.84. The van der Waals surface area contributed by atoms with Crippen LogP contribution in [0.5, 0.6) is 0 Å². The highest BCUT2D eigenvalue weighted by atomic mass is 16.5. The fourth-order valence-electron chi connectivity index (χ4n) is 2.54. The Kier molecular flexibility index (Phi) is 5.90. The number of hydrogen-bond acceptors (Lipinski definition) is 3. The first-order valence-electron chi connectivity index (χ1n) is 6.90. The fourth-order valence-corrected chi connectivity index (χ4v) is 2.54. The molecule has 1 rings (SSSR count). The van der Waals surface area contributed by atoms with E-state index in [1.807, 2.05) is 0 Å². The Bertz CT molecular complexity index is 218. The molecule has 0 spiro atoms. The summed E-state index contributed by atoms with van der Waals surface area (Å²) in [5, 5.41) is 13.0. The van der Waals surface area contributed by atoms with Crippen LogP contribution >= 0.6 is 0 Å². The molecule has 3 unspecified atom stereocenters. The van der Waals surface area contributed by atoms with Gasteiger partial charge in [0, 0.05) is 19.8 Å². The first-order chi connectivity index (χ1) is 8.01. The Morgan fingerprint density at radius 3 is 2.41 bits per heavy atom. The minimum absolute atomic E-state index is 0.136. The molecule has 0 heterocycles. The van der Waals surface area contributed by atoms with E-state index in [1.54, 1.807) is 7.11 Å². The van der Waals surface area contributed by atoms with Gasteiger partial charge in [-0.3, -0.25) is 0 Å². The summed E-state index contributed by atoms with van der Waals surface area (Å²) in [4.78, 5) is 0. The minimum Gasteiger partial charge on any atom is -0.396 e. The molecule has 17 heavy (non-hydrogen) atoms. The first-order valence-corrected chi connectivity index (χ1v) is 6.90. The van der Waals surface area contributed by atoms with Crippen LogP contribution in [0.2, 0.25) is 0 Å². The summed E-state index contributed by atoms with van der Waals surface area (Å²) in [6, 6.07) is 0.328. The number of hydrogen-bond donors (Lipinski definition) is 2. The summed E-state index contributed by atoms with van der Waals surface area (Å²) in [5.74, 6) is 1.12. The van der Waals surface area contributed by atoms with Crippen molar-refractivity contribution in [1.29, 1.82) is 0 Å². The molecule has 0 saturated heterocycles. The van der Waals surface area contributed by atoms with E-state index >= 15 is 0 Å². The number of aliphatic hydroxyl groups is 1. The van der Waals surface area contributed by atoms with Crippen molar-refractivity contribution in [2.75, 3.05) is 20.3 Å². The molecule has 1 aliphatic rings. The van der Waals surface area contributed by atoms with Gasteiger partial charge in [0.25, 0.3) is 0 Å². The van der Waals surface area contributed by atoms with Gasteiger partial charge in [-0.05, 0) is 52.0 Å². The summed E-state index contributed by atoms with van der Waals surface area (Å²) in [6.45, 7) is 7.72. The SMILES string of the molecule is COC(C)(C)C(C)NCC1CCCCC1CO. The van der Waals surface area contributed by atoms with Crippen molar-refractivity contribution in [3.05, 3.63) is 0 Å². The van der Waals surface area contributed by atoms with E-state index in [2.05, 4.69) is 26.1 Å². The molecule has 3 heteroatoms. The lowest BCUT2D eigenvalue weighted by molar-refractivity contribution is -0.00767. The highest BCUT2D eigenvalue weighted by Crippen LogP contribution is 2.29. The maximum Gasteiger partial charge on any atom is 0.0772 e. The van der Waals surface area contributed by atoms with E-state index in [-0.39, 0.29) is 5.60 Å². The minimum atomic E-state index is -0.136. The number of ether oxygens (including phenoxy) is 1. The first kappa shape index (κ1) is 14.9. The quantitative estimate of drug-likeness (QED) is 0.751. The normalized spacial score (nSPS) is 28.1. The topological polar surface area (TPSA) is 41.5 Å². The van der Waals surface area contributed by atoms with Gasteiger partial charge in [-0.15, -0.1) is 0 Å². The highest BCUT2D eigenvalue weighted by Gasteiger charge is 2.28. The zero-order valence-corrected chi connectivity index (χ0v) is 11.8. The molecule has 0 aromatic carbocycles. The van der Waals surface area contributed by atoms with Crippen LogP contribution in [-0.2, 0) is 4.74 Å². The van der Waals surface area contributed by atoms with E-state index in [0.29, 0.717) is 24.5 Å². The third-order valence-corrected chi connectivity index (χ3v) is 4.56. The zero-order chi connectivity index (χ0) is 12.9. The van der Waals surface area contributed by atoms with E-state index in [0.717, 1.165) is 6.54 Å².